The Hall–Kier alpha value is -2.57. The molecule has 0 radical (unpaired) electrons. The van der Waals surface area contributed by atoms with Crippen molar-refractivity contribution in [3.63, 3.8) is 0 Å². The monoisotopic (exact) mass is 296 g/mol. The van der Waals surface area contributed by atoms with Crippen LogP contribution in [0.4, 0.5) is 0 Å². The van der Waals surface area contributed by atoms with Gasteiger partial charge in [0.15, 0.2) is 0 Å². The SMILES string of the molecule is CCOC(=O)CC(Oc1ccc(C(=O)O)cc1)C(=O)OC. The van der Waals surface area contributed by atoms with Gasteiger partial charge in [-0.1, -0.05) is 0 Å². The highest BCUT2D eigenvalue weighted by Crippen LogP contribution is 2.16. The van der Waals surface area contributed by atoms with Crippen molar-refractivity contribution in [2.24, 2.45) is 0 Å². The van der Waals surface area contributed by atoms with Gasteiger partial charge in [0, 0.05) is 0 Å². The number of carbonyl (C=O) groups is 3. The molecule has 1 rings (SSSR count). The maximum atomic E-state index is 11.6. The lowest BCUT2D eigenvalue weighted by molar-refractivity contribution is -0.156. The molecule has 1 atom stereocenters. The molecule has 0 fully saturated rings. The molecule has 0 aromatic heterocycles. The van der Waals surface area contributed by atoms with Crippen LogP contribution in [0.3, 0.4) is 0 Å². The summed E-state index contributed by atoms with van der Waals surface area (Å²) >= 11 is 0. The van der Waals surface area contributed by atoms with Gasteiger partial charge in [0.25, 0.3) is 0 Å². The molecule has 0 spiro atoms. The predicted molar refractivity (Wildman–Crippen MR) is 71.1 cm³/mol. The third-order valence-corrected chi connectivity index (χ3v) is 2.50. The van der Waals surface area contributed by atoms with Gasteiger partial charge in [-0.25, -0.2) is 9.59 Å². The molecule has 0 saturated heterocycles. The number of aromatic carboxylic acids is 1. The van der Waals surface area contributed by atoms with E-state index in [0.717, 1.165) is 0 Å². The van der Waals surface area contributed by atoms with Crippen molar-refractivity contribution >= 4 is 17.9 Å². The first-order valence-corrected chi connectivity index (χ1v) is 6.21. The summed E-state index contributed by atoms with van der Waals surface area (Å²) in [5.41, 5.74) is 0.0855. The van der Waals surface area contributed by atoms with E-state index in [4.69, 9.17) is 14.6 Å². The van der Waals surface area contributed by atoms with Crippen LogP contribution >= 0.6 is 0 Å². The largest absolute Gasteiger partial charge is 0.478 e. The molecular weight excluding hydrogens is 280 g/mol. The highest BCUT2D eigenvalue weighted by atomic mass is 16.6. The van der Waals surface area contributed by atoms with Crippen LogP contribution in [0.1, 0.15) is 23.7 Å². The Kier molecular flexibility index (Phi) is 6.19. The summed E-state index contributed by atoms with van der Waals surface area (Å²) in [7, 11) is 1.18. The van der Waals surface area contributed by atoms with Crippen LogP contribution in [-0.2, 0) is 19.1 Å². The van der Waals surface area contributed by atoms with Crippen LogP contribution in [0.5, 0.6) is 5.75 Å². The molecule has 1 aromatic carbocycles. The molecule has 0 aliphatic carbocycles. The molecule has 0 aliphatic rings. The summed E-state index contributed by atoms with van der Waals surface area (Å²) in [6, 6.07) is 5.45. The van der Waals surface area contributed by atoms with Gasteiger partial charge in [0.05, 0.1) is 25.7 Å². The van der Waals surface area contributed by atoms with E-state index in [-0.39, 0.29) is 24.3 Å². The van der Waals surface area contributed by atoms with Crippen molar-refractivity contribution in [3.8, 4) is 5.75 Å². The van der Waals surface area contributed by atoms with E-state index in [1.54, 1.807) is 6.92 Å². The summed E-state index contributed by atoms with van der Waals surface area (Å²) in [6.07, 6.45) is -1.44. The zero-order valence-electron chi connectivity index (χ0n) is 11.7. The number of hydrogen-bond acceptors (Lipinski definition) is 6. The molecular formula is C14H16O7. The van der Waals surface area contributed by atoms with Gasteiger partial charge in [0.1, 0.15) is 5.75 Å². The molecule has 7 nitrogen and oxygen atoms in total. The number of carboxylic acids is 1. The zero-order chi connectivity index (χ0) is 15.8. The molecule has 0 amide bonds. The highest BCUT2D eigenvalue weighted by molar-refractivity contribution is 5.87. The molecule has 114 valence electrons. The molecule has 1 unspecified atom stereocenters. The van der Waals surface area contributed by atoms with Gasteiger partial charge < -0.3 is 19.3 Å². The highest BCUT2D eigenvalue weighted by Gasteiger charge is 2.25. The van der Waals surface area contributed by atoms with Gasteiger partial charge in [-0.2, -0.15) is 0 Å². The smallest absolute Gasteiger partial charge is 0.347 e. The van der Waals surface area contributed by atoms with Crippen molar-refractivity contribution in [1.82, 2.24) is 0 Å². The lowest BCUT2D eigenvalue weighted by Crippen LogP contribution is -2.31. The Balaban J connectivity index is 2.78. The second-order valence-corrected chi connectivity index (χ2v) is 3.97. The lowest BCUT2D eigenvalue weighted by atomic mass is 10.2. The Labute approximate surface area is 121 Å². The summed E-state index contributed by atoms with van der Waals surface area (Å²) < 4.78 is 14.7. The first-order chi connectivity index (χ1) is 9.97. The second kappa shape index (κ2) is 7.88. The first-order valence-electron chi connectivity index (χ1n) is 6.21. The van der Waals surface area contributed by atoms with Gasteiger partial charge in [0.2, 0.25) is 6.10 Å². The van der Waals surface area contributed by atoms with Crippen LogP contribution in [0.2, 0.25) is 0 Å². The maximum Gasteiger partial charge on any atom is 0.347 e. The molecule has 0 aliphatic heterocycles. The van der Waals surface area contributed by atoms with Gasteiger partial charge >= 0.3 is 17.9 Å². The number of carbonyl (C=O) groups excluding carboxylic acids is 2. The van der Waals surface area contributed by atoms with E-state index < -0.39 is 24.0 Å². The Morgan fingerprint density at radius 2 is 1.81 bits per heavy atom. The summed E-state index contributed by atoms with van der Waals surface area (Å²) in [5, 5.41) is 8.79. The number of hydrogen-bond donors (Lipinski definition) is 1. The fourth-order valence-electron chi connectivity index (χ4n) is 1.52. The number of carboxylic acid groups (broad SMARTS) is 1. The third kappa shape index (κ3) is 5.13. The summed E-state index contributed by atoms with van der Waals surface area (Å²) in [4.78, 5) is 33.7. The van der Waals surface area contributed by atoms with E-state index in [1.165, 1.54) is 31.4 Å². The molecule has 0 heterocycles. The quantitative estimate of drug-likeness (QED) is 0.756. The van der Waals surface area contributed by atoms with Crippen molar-refractivity contribution < 1.29 is 33.7 Å². The van der Waals surface area contributed by atoms with Crippen LogP contribution < -0.4 is 4.74 Å². The van der Waals surface area contributed by atoms with Crippen LogP contribution in [0.15, 0.2) is 24.3 Å². The number of ether oxygens (including phenoxy) is 3. The topological polar surface area (TPSA) is 99.1 Å². The fourth-order valence-corrected chi connectivity index (χ4v) is 1.52. The van der Waals surface area contributed by atoms with E-state index in [9.17, 15) is 14.4 Å². The second-order valence-electron chi connectivity index (χ2n) is 3.97. The van der Waals surface area contributed by atoms with E-state index in [2.05, 4.69) is 4.74 Å². The first kappa shape index (κ1) is 16.5. The van der Waals surface area contributed by atoms with E-state index in [1.807, 2.05) is 0 Å². The van der Waals surface area contributed by atoms with Crippen LogP contribution in [-0.4, -0.2) is 42.8 Å². The zero-order valence-corrected chi connectivity index (χ0v) is 11.7. The average Bonchev–Trinajstić information content (AvgIpc) is 2.46. The van der Waals surface area contributed by atoms with Crippen molar-refractivity contribution in [1.29, 1.82) is 0 Å². The van der Waals surface area contributed by atoms with Crippen LogP contribution in [0.25, 0.3) is 0 Å². The van der Waals surface area contributed by atoms with Gasteiger partial charge in [-0.3, -0.25) is 4.79 Å². The molecule has 0 bridgehead atoms. The number of methoxy groups -OCH3 is 1. The predicted octanol–water partition coefficient (Wildman–Crippen LogP) is 1.26. The van der Waals surface area contributed by atoms with E-state index in [0.29, 0.717) is 0 Å². The fraction of sp³-hybridized carbons (Fsp3) is 0.357. The van der Waals surface area contributed by atoms with Crippen molar-refractivity contribution in [3.05, 3.63) is 29.8 Å². The molecule has 1 aromatic rings. The third-order valence-electron chi connectivity index (χ3n) is 2.50. The van der Waals surface area contributed by atoms with Crippen molar-refractivity contribution in [2.75, 3.05) is 13.7 Å². The minimum atomic E-state index is -1.15. The summed E-state index contributed by atoms with van der Waals surface area (Å²) in [6.45, 7) is 1.84. The molecule has 7 heteroatoms. The van der Waals surface area contributed by atoms with Gasteiger partial charge in [-0.15, -0.1) is 0 Å². The van der Waals surface area contributed by atoms with Gasteiger partial charge in [-0.05, 0) is 31.2 Å². The number of esters is 2. The molecule has 21 heavy (non-hydrogen) atoms. The lowest BCUT2D eigenvalue weighted by Gasteiger charge is -2.16. The minimum absolute atomic E-state index is 0.0855. The van der Waals surface area contributed by atoms with E-state index >= 15 is 0 Å². The summed E-state index contributed by atoms with van der Waals surface area (Å²) in [5.74, 6) is -2.13. The normalized spacial score (nSPS) is 11.3. The number of benzene rings is 1. The standard InChI is InChI=1S/C14H16O7/c1-3-20-12(15)8-11(14(18)19-2)21-10-6-4-9(5-7-10)13(16)17/h4-7,11H,3,8H2,1-2H3,(H,16,17). The Morgan fingerprint density at radius 3 is 2.29 bits per heavy atom. The maximum absolute atomic E-state index is 11.6. The number of rotatable bonds is 7. The van der Waals surface area contributed by atoms with Crippen molar-refractivity contribution in [2.45, 2.75) is 19.4 Å². The molecule has 0 saturated carbocycles. The average molecular weight is 296 g/mol. The Bertz CT molecular complexity index is 507. The Morgan fingerprint density at radius 1 is 1.19 bits per heavy atom. The van der Waals surface area contributed by atoms with Crippen LogP contribution in [0, 0.1) is 0 Å². The minimum Gasteiger partial charge on any atom is -0.478 e. The molecule has 1 N–H and O–H groups in total.